The minimum absolute atomic E-state index is 0.0407. The van der Waals surface area contributed by atoms with Gasteiger partial charge in [0.05, 0.1) is 18.2 Å². The Balaban J connectivity index is 0.000000858. The highest BCUT2D eigenvalue weighted by molar-refractivity contribution is 5.80. The first-order valence-corrected chi connectivity index (χ1v) is 10.7. The molecule has 4 heterocycles. The lowest BCUT2D eigenvalue weighted by atomic mass is 9.72. The van der Waals surface area contributed by atoms with E-state index in [1.54, 1.807) is 6.07 Å². The molecule has 0 spiro atoms. The maximum Gasteiger partial charge on any atom is 0.290 e. The van der Waals surface area contributed by atoms with Crippen molar-refractivity contribution in [3.63, 3.8) is 0 Å². The van der Waals surface area contributed by atoms with E-state index in [4.69, 9.17) is 14.4 Å². The molecule has 4 rings (SSSR count). The molecule has 1 aromatic rings. The van der Waals surface area contributed by atoms with Crippen LogP contribution in [0.15, 0.2) is 10.6 Å². The quantitative estimate of drug-likeness (QED) is 0.663. The molecule has 31 heavy (non-hydrogen) atoms. The van der Waals surface area contributed by atoms with Crippen molar-refractivity contribution in [1.29, 1.82) is 0 Å². The van der Waals surface area contributed by atoms with Gasteiger partial charge in [-0.05, 0) is 38.0 Å². The van der Waals surface area contributed by atoms with Crippen molar-refractivity contribution in [2.45, 2.75) is 58.0 Å². The molecule has 3 amide bonds. The molecule has 170 valence electrons. The predicted octanol–water partition coefficient (Wildman–Crippen LogP) is 0.590. The largest absolute Gasteiger partial charge is 0.483 e. The van der Waals surface area contributed by atoms with E-state index in [0.29, 0.717) is 37.7 Å². The molecule has 10 heteroatoms. The number of piperidine rings is 3. The SMILES string of the molecule is CC(=O)NC[C@H]1[C@H]2C[C@H](CN(C(=O)Cc3cc(C)no3)C2)[C@@H]2CCCC(=O)N21.O=CO. The highest BCUT2D eigenvalue weighted by Crippen LogP contribution is 2.41. The topological polar surface area (TPSA) is 133 Å². The average molecular weight is 434 g/mol. The molecule has 2 bridgehead atoms. The summed E-state index contributed by atoms with van der Waals surface area (Å²) >= 11 is 0. The van der Waals surface area contributed by atoms with E-state index in [-0.39, 0.29) is 48.6 Å². The first-order valence-electron chi connectivity index (χ1n) is 10.7. The molecule has 4 atom stereocenters. The van der Waals surface area contributed by atoms with Crippen molar-refractivity contribution in [2.75, 3.05) is 19.6 Å². The molecule has 10 nitrogen and oxygen atoms in total. The highest BCUT2D eigenvalue weighted by Gasteiger charge is 2.49. The lowest BCUT2D eigenvalue weighted by Gasteiger charge is -2.56. The molecule has 1 aromatic heterocycles. The number of hydrogen-bond acceptors (Lipinski definition) is 6. The summed E-state index contributed by atoms with van der Waals surface area (Å²) in [6.45, 7) is 4.84. The molecule has 3 saturated heterocycles. The first-order chi connectivity index (χ1) is 14.8. The van der Waals surface area contributed by atoms with Crippen LogP contribution in [0.25, 0.3) is 0 Å². The standard InChI is InChI=1S/C20H28N4O4.CH2O2/c1-12-6-16(28-22-12)8-20(27)23-10-14-7-15(11-23)18(9-21-13(2)25)24-17(14)4-3-5-19(24)26;2-1-3/h6,14-15,17-18H,3-5,7-11H2,1-2H3,(H,21,25);1H,(H,2,3)/t14-,15+,17+,18+;/m1./s1. The second kappa shape index (κ2) is 9.93. The molecule has 0 saturated carbocycles. The Morgan fingerprint density at radius 3 is 2.71 bits per heavy atom. The molecular weight excluding hydrogens is 404 g/mol. The van der Waals surface area contributed by atoms with Crippen LogP contribution in [0.2, 0.25) is 0 Å². The Labute approximate surface area is 180 Å². The molecule has 3 aliphatic heterocycles. The zero-order valence-electron chi connectivity index (χ0n) is 18.0. The van der Waals surface area contributed by atoms with E-state index in [0.717, 1.165) is 25.0 Å². The number of likely N-dealkylation sites (tertiary alicyclic amines) is 1. The molecule has 0 aromatic carbocycles. The van der Waals surface area contributed by atoms with Gasteiger partial charge in [-0.3, -0.25) is 19.2 Å². The van der Waals surface area contributed by atoms with Crippen LogP contribution in [0.4, 0.5) is 0 Å². The molecule has 3 aliphatic rings. The van der Waals surface area contributed by atoms with Gasteiger partial charge in [-0.15, -0.1) is 0 Å². The van der Waals surface area contributed by atoms with E-state index in [2.05, 4.69) is 10.5 Å². The number of carbonyl (C=O) groups excluding carboxylic acids is 3. The van der Waals surface area contributed by atoms with Crippen LogP contribution in [0, 0.1) is 18.8 Å². The number of rotatable bonds is 4. The number of aryl methyl sites for hydroxylation is 1. The van der Waals surface area contributed by atoms with Crippen LogP contribution in [0.1, 0.15) is 44.1 Å². The zero-order chi connectivity index (χ0) is 22.5. The van der Waals surface area contributed by atoms with Gasteiger partial charge in [-0.1, -0.05) is 5.16 Å². The summed E-state index contributed by atoms with van der Waals surface area (Å²) in [6, 6.07) is 1.92. The van der Waals surface area contributed by atoms with Crippen LogP contribution in [0.3, 0.4) is 0 Å². The Morgan fingerprint density at radius 2 is 2.06 bits per heavy atom. The van der Waals surface area contributed by atoms with Crippen molar-refractivity contribution >= 4 is 24.2 Å². The third kappa shape index (κ3) is 5.23. The normalized spacial score (nSPS) is 27.0. The zero-order valence-corrected chi connectivity index (χ0v) is 18.0. The fourth-order valence-electron chi connectivity index (χ4n) is 5.25. The average Bonchev–Trinajstić information content (AvgIpc) is 3.13. The number of aromatic nitrogens is 1. The highest BCUT2D eigenvalue weighted by atomic mass is 16.5. The minimum Gasteiger partial charge on any atom is -0.483 e. The number of carbonyl (C=O) groups is 4. The number of fused-ring (bicyclic) bond motifs is 4. The lowest BCUT2D eigenvalue weighted by Crippen LogP contribution is -2.67. The van der Waals surface area contributed by atoms with Gasteiger partial charge < -0.3 is 24.7 Å². The van der Waals surface area contributed by atoms with Gasteiger partial charge in [0.2, 0.25) is 17.7 Å². The van der Waals surface area contributed by atoms with Gasteiger partial charge in [0.25, 0.3) is 6.47 Å². The van der Waals surface area contributed by atoms with E-state index in [1.807, 2.05) is 16.7 Å². The Hall–Kier alpha value is -2.91. The van der Waals surface area contributed by atoms with Crippen LogP contribution in [-0.2, 0) is 25.6 Å². The van der Waals surface area contributed by atoms with Gasteiger partial charge >= 0.3 is 0 Å². The number of amides is 3. The molecule has 0 aliphatic carbocycles. The second-order valence-electron chi connectivity index (χ2n) is 8.54. The van der Waals surface area contributed by atoms with Crippen molar-refractivity contribution in [3.05, 3.63) is 17.5 Å². The van der Waals surface area contributed by atoms with Gasteiger partial charge in [0.1, 0.15) is 5.76 Å². The lowest BCUT2D eigenvalue weighted by molar-refractivity contribution is -0.156. The van der Waals surface area contributed by atoms with E-state index >= 15 is 0 Å². The van der Waals surface area contributed by atoms with Crippen molar-refractivity contribution < 1.29 is 28.8 Å². The fourth-order valence-corrected chi connectivity index (χ4v) is 5.25. The Kier molecular flexibility index (Phi) is 7.29. The van der Waals surface area contributed by atoms with Crippen LogP contribution in [-0.4, -0.2) is 76.0 Å². The molecule has 0 unspecified atom stereocenters. The third-order valence-corrected chi connectivity index (χ3v) is 6.41. The van der Waals surface area contributed by atoms with Crippen molar-refractivity contribution in [1.82, 2.24) is 20.3 Å². The summed E-state index contributed by atoms with van der Waals surface area (Å²) in [7, 11) is 0. The molecular formula is C21H30N4O6. The van der Waals surface area contributed by atoms with E-state index in [1.165, 1.54) is 6.92 Å². The van der Waals surface area contributed by atoms with Crippen molar-refractivity contribution in [2.24, 2.45) is 11.8 Å². The number of hydrogen-bond donors (Lipinski definition) is 2. The predicted molar refractivity (Wildman–Crippen MR) is 109 cm³/mol. The van der Waals surface area contributed by atoms with Gasteiger partial charge in [-0.25, -0.2) is 0 Å². The maximum absolute atomic E-state index is 12.9. The molecule has 3 fully saturated rings. The van der Waals surface area contributed by atoms with Crippen LogP contribution >= 0.6 is 0 Å². The maximum atomic E-state index is 12.9. The summed E-state index contributed by atoms with van der Waals surface area (Å²) in [5.41, 5.74) is 0.769. The third-order valence-electron chi connectivity index (χ3n) is 6.41. The summed E-state index contributed by atoms with van der Waals surface area (Å²) in [4.78, 5) is 49.4. The fraction of sp³-hybridized carbons (Fsp3) is 0.667. The van der Waals surface area contributed by atoms with Gasteiger partial charge in [0, 0.05) is 45.1 Å². The summed E-state index contributed by atoms with van der Waals surface area (Å²) in [6.07, 6.45) is 3.68. The van der Waals surface area contributed by atoms with Crippen LogP contribution in [0.5, 0.6) is 0 Å². The number of carboxylic acid groups (broad SMARTS) is 1. The molecule has 2 N–H and O–H groups in total. The monoisotopic (exact) mass is 434 g/mol. The smallest absolute Gasteiger partial charge is 0.290 e. The van der Waals surface area contributed by atoms with Crippen molar-refractivity contribution in [3.8, 4) is 0 Å². The Bertz CT molecular complexity index is 825. The number of nitrogens with one attached hydrogen (secondary N) is 1. The molecule has 0 radical (unpaired) electrons. The first kappa shape index (κ1) is 22.8. The van der Waals surface area contributed by atoms with Gasteiger partial charge in [0.15, 0.2) is 0 Å². The Morgan fingerprint density at radius 1 is 1.35 bits per heavy atom. The number of nitrogens with zero attached hydrogens (tertiary/aromatic N) is 3. The van der Waals surface area contributed by atoms with E-state index in [9.17, 15) is 14.4 Å². The summed E-state index contributed by atoms with van der Waals surface area (Å²) < 4.78 is 5.21. The van der Waals surface area contributed by atoms with E-state index < -0.39 is 0 Å². The minimum atomic E-state index is -0.250. The second-order valence-corrected chi connectivity index (χ2v) is 8.54. The van der Waals surface area contributed by atoms with Crippen LogP contribution < -0.4 is 5.32 Å². The van der Waals surface area contributed by atoms with Gasteiger partial charge in [-0.2, -0.15) is 0 Å². The summed E-state index contributed by atoms with van der Waals surface area (Å²) in [5.74, 6) is 1.22. The summed E-state index contributed by atoms with van der Waals surface area (Å²) in [5, 5.41) is 13.6.